The molecule has 2 atom stereocenters. The fraction of sp³-hybridized carbons (Fsp3) is 0.462. The lowest BCUT2D eigenvalue weighted by Gasteiger charge is -2.11. The van der Waals surface area contributed by atoms with Gasteiger partial charge in [0.05, 0.1) is 5.75 Å². The number of aliphatic imine (C=N–C) groups is 1. The highest BCUT2D eigenvalue weighted by Crippen LogP contribution is 2.46. The second kappa shape index (κ2) is 5.88. The van der Waals surface area contributed by atoms with E-state index in [0.29, 0.717) is 17.3 Å². The Kier molecular flexibility index (Phi) is 4.64. The van der Waals surface area contributed by atoms with Crippen molar-refractivity contribution in [3.05, 3.63) is 23.5 Å². The maximum Gasteiger partial charge on any atom is 0.398 e. The molecule has 9 heteroatoms. The van der Waals surface area contributed by atoms with Crippen molar-refractivity contribution in [1.29, 1.82) is 0 Å². The summed E-state index contributed by atoms with van der Waals surface area (Å²) in [6, 6.07) is 2.22. The topological polar surface area (TPSA) is 38.4 Å². The van der Waals surface area contributed by atoms with Gasteiger partial charge < -0.3 is 5.73 Å². The molecule has 2 rings (SSSR count). The van der Waals surface area contributed by atoms with Crippen molar-refractivity contribution in [2.75, 3.05) is 5.75 Å². The van der Waals surface area contributed by atoms with Crippen LogP contribution in [-0.2, 0) is 0 Å². The molecular weight excluding hydrogens is 347 g/mol. The molecule has 2 N–H and O–H groups in total. The van der Waals surface area contributed by atoms with Crippen molar-refractivity contribution in [3.63, 3.8) is 0 Å². The third-order valence-electron chi connectivity index (χ3n) is 3.12. The molecule has 0 aromatic heterocycles. The number of thioether (sulfide) groups is 1. The Morgan fingerprint density at radius 3 is 2.59 bits per heavy atom. The lowest BCUT2D eigenvalue weighted by Crippen LogP contribution is -2.28. The second-order valence-corrected chi connectivity index (χ2v) is 6.70. The normalized spacial score (nSPS) is 25.4. The number of rotatable bonds is 4. The Bertz CT molecular complexity index is 619. The van der Waals surface area contributed by atoms with E-state index >= 15 is 0 Å². The van der Waals surface area contributed by atoms with Crippen molar-refractivity contribution < 1.29 is 22.0 Å². The van der Waals surface area contributed by atoms with Crippen LogP contribution in [-0.4, -0.2) is 28.8 Å². The molecule has 122 valence electrons. The molecule has 1 aromatic rings. The summed E-state index contributed by atoms with van der Waals surface area (Å²) in [7, 11) is 0. The molecule has 0 aliphatic heterocycles. The van der Waals surface area contributed by atoms with E-state index in [-0.39, 0.29) is 22.8 Å². The van der Waals surface area contributed by atoms with Crippen LogP contribution < -0.4 is 5.73 Å². The molecule has 0 heterocycles. The third kappa shape index (κ3) is 3.84. The first-order valence-electron chi connectivity index (χ1n) is 6.20. The van der Waals surface area contributed by atoms with E-state index < -0.39 is 28.8 Å². The Hall–Kier alpha value is -1.02. The van der Waals surface area contributed by atoms with Gasteiger partial charge in [0, 0.05) is 11.3 Å². The van der Waals surface area contributed by atoms with Crippen LogP contribution >= 0.6 is 23.4 Å². The van der Waals surface area contributed by atoms with Gasteiger partial charge >= 0.3 is 6.18 Å². The number of aryl methyl sites for hydroxylation is 1. The Morgan fingerprint density at radius 1 is 1.50 bits per heavy atom. The van der Waals surface area contributed by atoms with Gasteiger partial charge in [-0.2, -0.15) is 13.2 Å². The summed E-state index contributed by atoms with van der Waals surface area (Å²) in [4.78, 5) is 2.53. The zero-order valence-electron chi connectivity index (χ0n) is 11.3. The number of hydrogen-bond donors (Lipinski definition) is 1. The zero-order chi connectivity index (χ0) is 16.7. The average molecular weight is 359 g/mol. The van der Waals surface area contributed by atoms with E-state index in [0.717, 1.165) is 12.1 Å². The van der Waals surface area contributed by atoms with Gasteiger partial charge in [0.1, 0.15) is 28.4 Å². The van der Waals surface area contributed by atoms with Crippen molar-refractivity contribution in [2.24, 2.45) is 10.7 Å². The number of hydrogen-bond acceptors (Lipinski definition) is 2. The van der Waals surface area contributed by atoms with Crippen LogP contribution in [0.25, 0.3) is 0 Å². The molecule has 1 aromatic carbocycles. The molecule has 1 fully saturated rings. The van der Waals surface area contributed by atoms with Crippen molar-refractivity contribution in [2.45, 2.75) is 35.5 Å². The Labute approximate surface area is 132 Å². The Morgan fingerprint density at radius 2 is 2.09 bits per heavy atom. The van der Waals surface area contributed by atoms with E-state index in [4.69, 9.17) is 17.3 Å². The number of benzene rings is 1. The fourth-order valence-corrected chi connectivity index (χ4v) is 2.71. The van der Waals surface area contributed by atoms with Crippen LogP contribution in [0.15, 0.2) is 22.0 Å². The van der Waals surface area contributed by atoms with Gasteiger partial charge in [0.25, 0.3) is 0 Å². The number of alkyl halides is 5. The minimum Gasteiger partial charge on any atom is -0.386 e. The standard InChI is InChI=1S/C13H12ClF5N2S/c1-6-2-7(15)8(3-9(6)22-5-13(17,18)19)21-11(20)12(14)4-10(12)16/h2-3,10H,4-5H2,1H3,(H2,20,21). The lowest BCUT2D eigenvalue weighted by molar-refractivity contribution is -0.105. The van der Waals surface area contributed by atoms with Crippen molar-refractivity contribution in [1.82, 2.24) is 0 Å². The van der Waals surface area contributed by atoms with E-state index in [1.807, 2.05) is 0 Å². The minimum absolute atomic E-state index is 0.0208. The summed E-state index contributed by atoms with van der Waals surface area (Å²) >= 11 is 6.35. The maximum absolute atomic E-state index is 13.8. The van der Waals surface area contributed by atoms with Crippen LogP contribution in [0.1, 0.15) is 12.0 Å². The molecule has 0 bridgehead atoms. The van der Waals surface area contributed by atoms with Gasteiger partial charge in [-0.1, -0.05) is 0 Å². The predicted molar refractivity (Wildman–Crippen MR) is 77.3 cm³/mol. The van der Waals surface area contributed by atoms with Crippen LogP contribution in [0.2, 0.25) is 0 Å². The highest BCUT2D eigenvalue weighted by atomic mass is 35.5. The summed E-state index contributed by atoms with van der Waals surface area (Å²) in [6.07, 6.45) is -5.72. The maximum atomic E-state index is 13.8. The highest BCUT2D eigenvalue weighted by molar-refractivity contribution is 7.99. The van der Waals surface area contributed by atoms with E-state index in [2.05, 4.69) is 4.99 Å². The van der Waals surface area contributed by atoms with Gasteiger partial charge in [-0.15, -0.1) is 23.4 Å². The first-order chi connectivity index (χ1) is 10.0. The van der Waals surface area contributed by atoms with Gasteiger partial charge in [-0.05, 0) is 24.6 Å². The summed E-state index contributed by atoms with van der Waals surface area (Å²) in [5, 5.41) is 0. The largest absolute Gasteiger partial charge is 0.398 e. The average Bonchev–Trinajstić information content (AvgIpc) is 2.99. The van der Waals surface area contributed by atoms with Crippen molar-refractivity contribution >= 4 is 34.9 Å². The van der Waals surface area contributed by atoms with Gasteiger partial charge in [0.15, 0.2) is 0 Å². The fourth-order valence-electron chi connectivity index (χ4n) is 1.73. The molecule has 0 spiro atoms. The summed E-state index contributed by atoms with van der Waals surface area (Å²) in [6.45, 7) is 1.49. The molecule has 1 aliphatic rings. The number of amidine groups is 1. The van der Waals surface area contributed by atoms with E-state index in [1.54, 1.807) is 0 Å². The molecule has 2 nitrogen and oxygen atoms in total. The van der Waals surface area contributed by atoms with Crippen LogP contribution in [0.3, 0.4) is 0 Å². The van der Waals surface area contributed by atoms with Crippen molar-refractivity contribution in [3.8, 4) is 0 Å². The van der Waals surface area contributed by atoms with Crippen LogP contribution in [0.4, 0.5) is 27.6 Å². The number of halogens is 6. The predicted octanol–water partition coefficient (Wildman–Crippen LogP) is 4.50. The number of nitrogens with zero attached hydrogens (tertiary/aromatic N) is 1. The quantitative estimate of drug-likeness (QED) is 0.283. The first kappa shape index (κ1) is 17.3. The zero-order valence-corrected chi connectivity index (χ0v) is 12.9. The number of nitrogens with two attached hydrogens (primary N) is 1. The minimum atomic E-state index is -4.34. The molecule has 0 saturated heterocycles. The van der Waals surface area contributed by atoms with Gasteiger partial charge in [-0.25, -0.2) is 13.8 Å². The third-order valence-corrected chi connectivity index (χ3v) is 4.92. The summed E-state index contributed by atoms with van der Waals surface area (Å²) in [5.74, 6) is -2.14. The SMILES string of the molecule is Cc1cc(F)c(/N=C(\N)C2(Cl)CC2F)cc1SCC(F)(F)F. The molecule has 1 aliphatic carbocycles. The van der Waals surface area contributed by atoms with E-state index in [9.17, 15) is 22.0 Å². The van der Waals surface area contributed by atoms with Crippen LogP contribution in [0.5, 0.6) is 0 Å². The van der Waals surface area contributed by atoms with E-state index in [1.165, 1.54) is 6.92 Å². The molecule has 0 amide bonds. The molecule has 1 saturated carbocycles. The molecule has 0 radical (unpaired) electrons. The Balaban J connectivity index is 2.27. The van der Waals surface area contributed by atoms with Gasteiger partial charge in [0.2, 0.25) is 0 Å². The highest BCUT2D eigenvalue weighted by Gasteiger charge is 2.57. The lowest BCUT2D eigenvalue weighted by atomic mass is 10.2. The van der Waals surface area contributed by atoms with Gasteiger partial charge in [-0.3, -0.25) is 0 Å². The first-order valence-corrected chi connectivity index (χ1v) is 7.56. The summed E-state index contributed by atoms with van der Waals surface area (Å²) in [5.41, 5.74) is 5.65. The smallest absolute Gasteiger partial charge is 0.386 e. The molecule has 22 heavy (non-hydrogen) atoms. The summed E-state index contributed by atoms with van der Waals surface area (Å²) < 4.78 is 63.7. The molecule has 2 unspecified atom stereocenters. The monoisotopic (exact) mass is 358 g/mol. The van der Waals surface area contributed by atoms with Crippen LogP contribution in [0, 0.1) is 12.7 Å². The molecular formula is C13H12ClF5N2S. The second-order valence-electron chi connectivity index (χ2n) is 5.00.